The third kappa shape index (κ3) is 5.47. The number of nitrogens with one attached hydrogen (secondary N) is 1. The van der Waals surface area contributed by atoms with E-state index < -0.39 is 0 Å². The molecule has 25 heavy (non-hydrogen) atoms. The molecule has 132 valence electrons. The summed E-state index contributed by atoms with van der Waals surface area (Å²) in [6.07, 6.45) is 0. The van der Waals surface area contributed by atoms with Gasteiger partial charge in [-0.15, -0.1) is 0 Å². The molecule has 0 fully saturated rings. The van der Waals surface area contributed by atoms with E-state index in [4.69, 9.17) is 16.3 Å². The van der Waals surface area contributed by atoms with Gasteiger partial charge in [0.05, 0.1) is 17.9 Å². The molecule has 5 nitrogen and oxygen atoms in total. The summed E-state index contributed by atoms with van der Waals surface area (Å²) in [5, 5.41) is 3.94. The first kappa shape index (κ1) is 19.3. The van der Waals surface area contributed by atoms with Crippen LogP contribution in [-0.2, 0) is 9.53 Å². The maximum atomic E-state index is 12.7. The van der Waals surface area contributed by atoms with Crippen LogP contribution >= 0.6 is 23.4 Å². The standard InChI is InChI=1S/C18H19ClN2O3S/c1-4-24-15(22)10-25-18-16(11(2)9-12(3)20-18)17(23)21-14-7-5-13(19)6-8-14/h5-9H,4,10H2,1-3H3,(H,21,23). The molecule has 0 unspecified atom stereocenters. The molecular weight excluding hydrogens is 360 g/mol. The van der Waals surface area contributed by atoms with E-state index in [-0.39, 0.29) is 17.6 Å². The van der Waals surface area contributed by atoms with E-state index in [9.17, 15) is 9.59 Å². The number of ether oxygens (including phenoxy) is 1. The smallest absolute Gasteiger partial charge is 0.316 e. The number of aryl methyl sites for hydroxylation is 2. The fourth-order valence-electron chi connectivity index (χ4n) is 2.24. The fraction of sp³-hybridized carbons (Fsp3) is 0.278. The Bertz CT molecular complexity index is 779. The first-order chi connectivity index (χ1) is 11.9. The first-order valence-electron chi connectivity index (χ1n) is 7.74. The van der Waals surface area contributed by atoms with Crippen molar-refractivity contribution in [1.82, 2.24) is 4.98 Å². The number of nitrogens with zero attached hydrogens (tertiary/aromatic N) is 1. The Morgan fingerprint density at radius 2 is 1.92 bits per heavy atom. The highest BCUT2D eigenvalue weighted by Crippen LogP contribution is 2.26. The van der Waals surface area contributed by atoms with Gasteiger partial charge in [0, 0.05) is 16.4 Å². The van der Waals surface area contributed by atoms with Crippen molar-refractivity contribution in [2.45, 2.75) is 25.8 Å². The number of anilines is 1. The molecule has 0 aliphatic rings. The number of hydrogen-bond donors (Lipinski definition) is 1. The molecule has 0 aliphatic carbocycles. The molecular formula is C18H19ClN2O3S. The normalized spacial score (nSPS) is 10.4. The van der Waals surface area contributed by atoms with Crippen molar-refractivity contribution in [3.05, 3.63) is 52.2 Å². The number of pyridine rings is 1. The number of benzene rings is 1. The lowest BCUT2D eigenvalue weighted by molar-refractivity contribution is -0.139. The van der Waals surface area contributed by atoms with E-state index in [1.807, 2.05) is 19.9 Å². The van der Waals surface area contributed by atoms with Crippen LogP contribution in [0.25, 0.3) is 0 Å². The number of amides is 1. The van der Waals surface area contributed by atoms with E-state index in [0.717, 1.165) is 11.3 Å². The number of esters is 1. The third-order valence-electron chi connectivity index (χ3n) is 3.27. The number of carbonyl (C=O) groups is 2. The Morgan fingerprint density at radius 3 is 2.56 bits per heavy atom. The van der Waals surface area contributed by atoms with Crippen molar-refractivity contribution in [2.75, 3.05) is 17.7 Å². The van der Waals surface area contributed by atoms with Gasteiger partial charge in [-0.05, 0) is 56.7 Å². The monoisotopic (exact) mass is 378 g/mol. The predicted octanol–water partition coefficient (Wildman–Crippen LogP) is 4.26. The van der Waals surface area contributed by atoms with Gasteiger partial charge in [0.1, 0.15) is 5.03 Å². The zero-order chi connectivity index (χ0) is 18.4. The molecule has 1 amide bonds. The molecule has 0 atom stereocenters. The molecule has 0 radical (unpaired) electrons. The summed E-state index contributed by atoms with van der Waals surface area (Å²) in [7, 11) is 0. The van der Waals surface area contributed by atoms with Gasteiger partial charge >= 0.3 is 5.97 Å². The third-order valence-corrected chi connectivity index (χ3v) is 4.47. The van der Waals surface area contributed by atoms with Crippen LogP contribution in [-0.4, -0.2) is 29.2 Å². The summed E-state index contributed by atoms with van der Waals surface area (Å²) in [5.41, 5.74) is 2.67. The van der Waals surface area contributed by atoms with Gasteiger partial charge in [0.2, 0.25) is 0 Å². The topological polar surface area (TPSA) is 68.3 Å². The van der Waals surface area contributed by atoms with Crippen molar-refractivity contribution >= 4 is 40.9 Å². The van der Waals surface area contributed by atoms with Crippen LogP contribution in [0.4, 0.5) is 5.69 Å². The second-order valence-corrected chi connectivity index (χ2v) is 6.72. The van der Waals surface area contributed by atoms with Crippen LogP contribution in [0.1, 0.15) is 28.5 Å². The summed E-state index contributed by atoms with van der Waals surface area (Å²) in [6.45, 7) is 5.77. The SMILES string of the molecule is CCOC(=O)CSc1nc(C)cc(C)c1C(=O)Nc1ccc(Cl)cc1. The maximum Gasteiger partial charge on any atom is 0.316 e. The quantitative estimate of drug-likeness (QED) is 0.600. The molecule has 0 bridgehead atoms. The molecule has 1 aromatic carbocycles. The summed E-state index contributed by atoms with van der Waals surface area (Å²) >= 11 is 7.06. The maximum absolute atomic E-state index is 12.7. The minimum absolute atomic E-state index is 0.102. The largest absolute Gasteiger partial charge is 0.465 e. The average Bonchev–Trinajstić information content (AvgIpc) is 2.54. The van der Waals surface area contributed by atoms with Gasteiger partial charge in [0.15, 0.2) is 0 Å². The minimum Gasteiger partial charge on any atom is -0.465 e. The van der Waals surface area contributed by atoms with Crippen molar-refractivity contribution < 1.29 is 14.3 Å². The molecule has 2 rings (SSSR count). The predicted molar refractivity (Wildman–Crippen MR) is 100 cm³/mol. The minimum atomic E-state index is -0.336. The number of thioether (sulfide) groups is 1. The van der Waals surface area contributed by atoms with Crippen molar-refractivity contribution in [3.63, 3.8) is 0 Å². The number of carbonyl (C=O) groups excluding carboxylic acids is 2. The lowest BCUT2D eigenvalue weighted by Gasteiger charge is -2.13. The van der Waals surface area contributed by atoms with Gasteiger partial charge in [-0.2, -0.15) is 0 Å². The van der Waals surface area contributed by atoms with Crippen LogP contribution < -0.4 is 5.32 Å². The Labute approximate surface area is 156 Å². The van der Waals surface area contributed by atoms with Crippen molar-refractivity contribution in [2.24, 2.45) is 0 Å². The summed E-state index contributed by atoms with van der Waals surface area (Å²) in [6, 6.07) is 8.69. The highest BCUT2D eigenvalue weighted by molar-refractivity contribution is 8.00. The van der Waals surface area contributed by atoms with Crippen LogP contribution in [0.15, 0.2) is 35.4 Å². The highest BCUT2D eigenvalue weighted by atomic mass is 35.5. The fourth-order valence-corrected chi connectivity index (χ4v) is 3.31. The van der Waals surface area contributed by atoms with Crippen LogP contribution in [0.3, 0.4) is 0 Å². The van der Waals surface area contributed by atoms with Gasteiger partial charge in [-0.1, -0.05) is 23.4 Å². The van der Waals surface area contributed by atoms with Gasteiger partial charge in [-0.3, -0.25) is 9.59 Å². The average molecular weight is 379 g/mol. The number of aromatic nitrogens is 1. The molecule has 2 aromatic rings. The highest BCUT2D eigenvalue weighted by Gasteiger charge is 2.18. The van der Waals surface area contributed by atoms with E-state index in [2.05, 4.69) is 10.3 Å². The molecule has 7 heteroatoms. The number of hydrogen-bond acceptors (Lipinski definition) is 5. The molecule has 1 aromatic heterocycles. The Hall–Kier alpha value is -2.05. The van der Waals surface area contributed by atoms with Crippen LogP contribution in [0.5, 0.6) is 0 Å². The van der Waals surface area contributed by atoms with E-state index in [1.165, 1.54) is 11.8 Å². The van der Waals surface area contributed by atoms with Crippen molar-refractivity contribution in [1.29, 1.82) is 0 Å². The molecule has 1 N–H and O–H groups in total. The Morgan fingerprint density at radius 1 is 1.24 bits per heavy atom. The van der Waals surface area contributed by atoms with E-state index in [0.29, 0.717) is 27.9 Å². The van der Waals surface area contributed by atoms with Crippen LogP contribution in [0, 0.1) is 13.8 Å². The molecule has 0 aliphatic heterocycles. The second-order valence-electron chi connectivity index (χ2n) is 5.32. The summed E-state index contributed by atoms with van der Waals surface area (Å²) < 4.78 is 4.93. The lowest BCUT2D eigenvalue weighted by Crippen LogP contribution is -2.16. The Kier molecular flexibility index (Phi) is 6.84. The Balaban J connectivity index is 2.24. The number of rotatable bonds is 6. The molecule has 0 saturated heterocycles. The second kappa shape index (κ2) is 8.87. The zero-order valence-electron chi connectivity index (χ0n) is 14.3. The van der Waals surface area contributed by atoms with Crippen molar-refractivity contribution in [3.8, 4) is 0 Å². The van der Waals surface area contributed by atoms with Gasteiger partial charge in [0.25, 0.3) is 5.91 Å². The van der Waals surface area contributed by atoms with E-state index in [1.54, 1.807) is 31.2 Å². The molecule has 0 saturated carbocycles. The number of halogens is 1. The zero-order valence-corrected chi connectivity index (χ0v) is 15.8. The van der Waals surface area contributed by atoms with Gasteiger partial charge in [-0.25, -0.2) is 4.98 Å². The lowest BCUT2D eigenvalue weighted by atomic mass is 10.1. The molecule has 1 heterocycles. The molecule has 0 spiro atoms. The summed E-state index contributed by atoms with van der Waals surface area (Å²) in [4.78, 5) is 28.7. The van der Waals surface area contributed by atoms with Crippen LogP contribution in [0.2, 0.25) is 5.02 Å². The van der Waals surface area contributed by atoms with E-state index >= 15 is 0 Å². The first-order valence-corrected chi connectivity index (χ1v) is 9.10. The summed E-state index contributed by atoms with van der Waals surface area (Å²) in [5.74, 6) is -0.512. The van der Waals surface area contributed by atoms with Gasteiger partial charge < -0.3 is 10.1 Å².